The lowest BCUT2D eigenvalue weighted by atomic mass is 9.66. The fourth-order valence-corrected chi connectivity index (χ4v) is 8.39. The molecule has 2 aliphatic carbocycles. The summed E-state index contributed by atoms with van der Waals surface area (Å²) in [5.41, 5.74) is 14.2. The van der Waals surface area contributed by atoms with Crippen LogP contribution in [0.25, 0.3) is 50.6 Å². The summed E-state index contributed by atoms with van der Waals surface area (Å²) in [6.07, 6.45) is 7.73. The molecule has 7 aromatic rings. The van der Waals surface area contributed by atoms with Crippen LogP contribution < -0.4 is 4.74 Å². The molecule has 1 aliphatic heterocycles. The van der Waals surface area contributed by atoms with Crippen LogP contribution in [0.2, 0.25) is 0 Å². The molecule has 3 aliphatic rings. The molecular weight excluding hydrogens is 621 g/mol. The summed E-state index contributed by atoms with van der Waals surface area (Å²) in [6.45, 7) is 2.27. The summed E-state index contributed by atoms with van der Waals surface area (Å²) in [4.78, 5) is 10.5. The van der Waals surface area contributed by atoms with Crippen LogP contribution in [-0.2, 0) is 5.41 Å². The maximum absolute atomic E-state index is 6.69. The fraction of sp³-hybridized carbons (Fsp3) is 0.0833. The Balaban J connectivity index is 1.17. The van der Waals surface area contributed by atoms with Gasteiger partial charge in [-0.25, -0.2) is 9.97 Å². The van der Waals surface area contributed by atoms with E-state index in [-0.39, 0.29) is 0 Å². The highest BCUT2D eigenvalue weighted by Crippen LogP contribution is 2.62. The second kappa shape index (κ2) is 11.6. The van der Waals surface area contributed by atoms with E-state index in [2.05, 4.69) is 171 Å². The van der Waals surface area contributed by atoms with E-state index in [0.717, 1.165) is 57.1 Å². The third-order valence-corrected chi connectivity index (χ3v) is 10.7. The SMILES string of the molecule is CC1C=CC=C(c2ccc(-c3cc(-c4ccccc4)nc(-c4ccc5c(c4)C4(c6ccccc6O5)c5ccccc5-c5ccccc54)n3)cc2)C1. The molecule has 0 radical (unpaired) electrons. The largest absolute Gasteiger partial charge is 0.457 e. The van der Waals surface area contributed by atoms with Gasteiger partial charge in [0.25, 0.3) is 0 Å². The van der Waals surface area contributed by atoms with Gasteiger partial charge >= 0.3 is 0 Å². The average Bonchev–Trinajstić information content (AvgIpc) is 3.49. The van der Waals surface area contributed by atoms with Crippen LogP contribution in [0.4, 0.5) is 0 Å². The van der Waals surface area contributed by atoms with Crippen molar-refractivity contribution in [1.29, 1.82) is 0 Å². The van der Waals surface area contributed by atoms with Crippen molar-refractivity contribution in [1.82, 2.24) is 9.97 Å². The van der Waals surface area contributed by atoms with E-state index < -0.39 is 5.41 Å². The molecule has 1 aromatic heterocycles. The topological polar surface area (TPSA) is 35.0 Å². The lowest BCUT2D eigenvalue weighted by Gasteiger charge is -2.39. The Morgan fingerprint density at radius 1 is 0.529 bits per heavy atom. The van der Waals surface area contributed by atoms with Crippen molar-refractivity contribution < 1.29 is 4.74 Å². The minimum absolute atomic E-state index is 0.545. The Morgan fingerprint density at radius 2 is 1.10 bits per heavy atom. The molecule has 0 amide bonds. The molecule has 51 heavy (non-hydrogen) atoms. The van der Waals surface area contributed by atoms with E-state index in [1.54, 1.807) is 0 Å². The van der Waals surface area contributed by atoms with Crippen LogP contribution in [0.5, 0.6) is 11.5 Å². The fourth-order valence-electron chi connectivity index (χ4n) is 8.39. The van der Waals surface area contributed by atoms with Crippen LogP contribution in [0, 0.1) is 5.92 Å². The summed E-state index contributed by atoms with van der Waals surface area (Å²) in [5, 5.41) is 0. The minimum atomic E-state index is -0.552. The summed E-state index contributed by atoms with van der Waals surface area (Å²) >= 11 is 0. The van der Waals surface area contributed by atoms with E-state index in [1.807, 2.05) is 6.07 Å². The summed E-state index contributed by atoms with van der Waals surface area (Å²) < 4.78 is 6.69. The highest BCUT2D eigenvalue weighted by Gasteiger charge is 2.51. The molecule has 0 saturated carbocycles. The number of hydrogen-bond donors (Lipinski definition) is 0. The first-order valence-electron chi connectivity index (χ1n) is 17.7. The van der Waals surface area contributed by atoms with Crippen molar-refractivity contribution in [2.45, 2.75) is 18.8 Å². The van der Waals surface area contributed by atoms with E-state index in [9.17, 15) is 0 Å². The highest BCUT2D eigenvalue weighted by molar-refractivity contribution is 5.89. The maximum Gasteiger partial charge on any atom is 0.160 e. The molecule has 10 rings (SSSR count). The third-order valence-electron chi connectivity index (χ3n) is 10.7. The van der Waals surface area contributed by atoms with Crippen molar-refractivity contribution in [3.63, 3.8) is 0 Å². The number of fused-ring (bicyclic) bond motifs is 9. The number of benzene rings is 6. The standard InChI is InChI=1S/C48H34N2O/c1-31-12-11-15-35(28-31)32-22-24-34(25-23-32)44-30-43(33-13-3-2-4-14-33)49-47(50-44)36-26-27-46-42(29-36)48(41-20-9-10-21-45(41)51-46)39-18-7-5-16-37(39)38-17-6-8-19-40(38)48/h2-27,29-31H,28H2,1H3. The van der Waals surface area contributed by atoms with E-state index in [0.29, 0.717) is 11.7 Å². The van der Waals surface area contributed by atoms with Gasteiger partial charge < -0.3 is 4.74 Å². The predicted molar refractivity (Wildman–Crippen MR) is 207 cm³/mol. The molecule has 6 aromatic carbocycles. The average molecular weight is 655 g/mol. The second-order valence-corrected chi connectivity index (χ2v) is 13.8. The quantitative estimate of drug-likeness (QED) is 0.189. The van der Waals surface area contributed by atoms with Gasteiger partial charge in [0.2, 0.25) is 0 Å². The first-order valence-corrected chi connectivity index (χ1v) is 17.7. The number of hydrogen-bond acceptors (Lipinski definition) is 3. The van der Waals surface area contributed by atoms with Gasteiger partial charge in [0.05, 0.1) is 16.8 Å². The lowest BCUT2D eigenvalue weighted by Crippen LogP contribution is -2.32. The minimum Gasteiger partial charge on any atom is -0.457 e. The highest BCUT2D eigenvalue weighted by atomic mass is 16.5. The molecule has 0 N–H and O–H groups in total. The molecule has 3 heteroatoms. The molecule has 3 nitrogen and oxygen atoms in total. The van der Waals surface area contributed by atoms with E-state index >= 15 is 0 Å². The van der Waals surface area contributed by atoms with Gasteiger partial charge in [0.15, 0.2) is 5.82 Å². The number of ether oxygens (including phenoxy) is 1. The normalized spacial score (nSPS) is 16.0. The predicted octanol–water partition coefficient (Wildman–Crippen LogP) is 11.9. The molecule has 0 bridgehead atoms. The van der Waals surface area contributed by atoms with Crippen LogP contribution >= 0.6 is 0 Å². The molecule has 0 saturated heterocycles. The molecule has 1 spiro atoms. The summed E-state index contributed by atoms with van der Waals surface area (Å²) in [7, 11) is 0. The first-order chi connectivity index (χ1) is 25.2. The van der Waals surface area contributed by atoms with Gasteiger partial charge in [0, 0.05) is 27.8 Å². The molecule has 1 atom stereocenters. The Bertz CT molecular complexity index is 2500. The van der Waals surface area contributed by atoms with Crippen molar-refractivity contribution in [2.75, 3.05) is 0 Å². The van der Waals surface area contributed by atoms with Crippen LogP contribution in [0.3, 0.4) is 0 Å². The molecule has 2 heterocycles. The Hall–Kier alpha value is -6.32. The van der Waals surface area contributed by atoms with E-state index in [4.69, 9.17) is 14.7 Å². The smallest absolute Gasteiger partial charge is 0.160 e. The van der Waals surface area contributed by atoms with Gasteiger partial charge in [-0.3, -0.25) is 0 Å². The second-order valence-electron chi connectivity index (χ2n) is 13.8. The first kappa shape index (κ1) is 29.6. The van der Waals surface area contributed by atoms with Crippen molar-refractivity contribution in [3.8, 4) is 56.5 Å². The number of para-hydroxylation sites is 1. The van der Waals surface area contributed by atoms with Gasteiger partial charge in [-0.1, -0.05) is 146 Å². The Labute approximate surface area is 298 Å². The summed E-state index contributed by atoms with van der Waals surface area (Å²) in [5.74, 6) is 2.95. The molecular formula is C48H34N2O. The number of rotatable bonds is 4. The molecule has 1 unspecified atom stereocenters. The van der Waals surface area contributed by atoms with Gasteiger partial charge in [-0.15, -0.1) is 0 Å². The zero-order valence-corrected chi connectivity index (χ0v) is 28.3. The lowest BCUT2D eigenvalue weighted by molar-refractivity contribution is 0.436. The number of aromatic nitrogens is 2. The number of nitrogens with zero attached hydrogens (tertiary/aromatic N) is 2. The number of allylic oxidation sites excluding steroid dienone is 4. The Morgan fingerprint density at radius 3 is 1.80 bits per heavy atom. The molecule has 0 fully saturated rings. The van der Waals surface area contributed by atoms with Crippen LogP contribution in [0.15, 0.2) is 170 Å². The van der Waals surface area contributed by atoms with Crippen molar-refractivity contribution >= 4 is 5.57 Å². The van der Waals surface area contributed by atoms with E-state index in [1.165, 1.54) is 33.4 Å². The maximum atomic E-state index is 6.69. The monoisotopic (exact) mass is 654 g/mol. The van der Waals surface area contributed by atoms with Crippen molar-refractivity contribution in [3.05, 3.63) is 198 Å². The van der Waals surface area contributed by atoms with Gasteiger partial charge in [-0.05, 0) is 76.1 Å². The zero-order valence-electron chi connectivity index (χ0n) is 28.3. The van der Waals surface area contributed by atoms with Crippen molar-refractivity contribution in [2.24, 2.45) is 5.92 Å². The Kier molecular flexibility index (Phi) is 6.75. The zero-order chi connectivity index (χ0) is 33.9. The third kappa shape index (κ3) is 4.65. The summed E-state index contributed by atoms with van der Waals surface area (Å²) in [6, 6.07) is 53.9. The molecule has 242 valence electrons. The van der Waals surface area contributed by atoms with Gasteiger partial charge in [-0.2, -0.15) is 0 Å². The van der Waals surface area contributed by atoms with Crippen LogP contribution in [0.1, 0.15) is 41.2 Å². The van der Waals surface area contributed by atoms with Gasteiger partial charge in [0.1, 0.15) is 11.5 Å². The van der Waals surface area contributed by atoms with Crippen LogP contribution in [-0.4, -0.2) is 9.97 Å².